The summed E-state index contributed by atoms with van der Waals surface area (Å²) in [5, 5.41) is 3.88. The highest BCUT2D eigenvalue weighted by molar-refractivity contribution is 9.10. The number of halogens is 2. The van der Waals surface area contributed by atoms with Crippen molar-refractivity contribution in [1.82, 2.24) is 4.90 Å². The van der Waals surface area contributed by atoms with Gasteiger partial charge in [-0.25, -0.2) is 0 Å². The van der Waals surface area contributed by atoms with Crippen molar-refractivity contribution in [1.29, 1.82) is 0 Å². The molecule has 24 heavy (non-hydrogen) atoms. The van der Waals surface area contributed by atoms with E-state index in [-0.39, 0.29) is 5.91 Å². The number of carbonyl (C=O) groups is 1. The van der Waals surface area contributed by atoms with E-state index < -0.39 is 0 Å². The van der Waals surface area contributed by atoms with Crippen LogP contribution in [-0.2, 0) is 4.79 Å². The molecule has 2 aromatic rings. The molecule has 1 heterocycles. The quantitative estimate of drug-likeness (QED) is 0.512. The minimum atomic E-state index is -0.0977. The van der Waals surface area contributed by atoms with Crippen molar-refractivity contribution >= 4 is 73.5 Å². The van der Waals surface area contributed by atoms with Crippen molar-refractivity contribution in [2.45, 2.75) is 0 Å². The van der Waals surface area contributed by atoms with E-state index in [9.17, 15) is 4.79 Å². The Bertz CT molecular complexity index is 824. The summed E-state index contributed by atoms with van der Waals surface area (Å²) < 4.78 is 1.48. The molecule has 0 bridgehead atoms. The van der Waals surface area contributed by atoms with E-state index >= 15 is 0 Å². The van der Waals surface area contributed by atoms with Crippen LogP contribution >= 0.6 is 51.5 Å². The summed E-state index contributed by atoms with van der Waals surface area (Å²) in [5.41, 5.74) is 1.83. The van der Waals surface area contributed by atoms with E-state index in [1.54, 1.807) is 17.0 Å². The lowest BCUT2D eigenvalue weighted by atomic mass is 10.2. The van der Waals surface area contributed by atoms with Gasteiger partial charge < -0.3 is 5.32 Å². The second-order valence-electron chi connectivity index (χ2n) is 4.98. The summed E-state index contributed by atoms with van der Waals surface area (Å²) >= 11 is 16.0. The first-order chi connectivity index (χ1) is 11.5. The number of thioether (sulfide) groups is 1. The maximum atomic E-state index is 12.6. The maximum absolute atomic E-state index is 12.6. The van der Waals surface area contributed by atoms with Crippen LogP contribution in [0.2, 0.25) is 5.02 Å². The molecule has 0 aliphatic carbocycles. The van der Waals surface area contributed by atoms with Crippen molar-refractivity contribution in [2.24, 2.45) is 0 Å². The van der Waals surface area contributed by atoms with Gasteiger partial charge in [-0.1, -0.05) is 59.8 Å². The Morgan fingerprint density at radius 2 is 1.92 bits per heavy atom. The molecule has 0 spiro atoms. The molecule has 0 atom stereocenters. The number of benzene rings is 2. The average molecular weight is 440 g/mol. The van der Waals surface area contributed by atoms with E-state index in [0.717, 1.165) is 15.7 Å². The molecule has 0 unspecified atom stereocenters. The lowest BCUT2D eigenvalue weighted by molar-refractivity contribution is -0.121. The Kier molecular flexibility index (Phi) is 5.61. The van der Waals surface area contributed by atoms with Gasteiger partial charge in [0.15, 0.2) is 0 Å². The van der Waals surface area contributed by atoms with Gasteiger partial charge in [0, 0.05) is 15.2 Å². The second kappa shape index (κ2) is 7.70. The van der Waals surface area contributed by atoms with Crippen LogP contribution in [0.15, 0.2) is 57.9 Å². The molecule has 7 heteroatoms. The Balaban J connectivity index is 1.72. The minimum Gasteiger partial charge on any atom is -0.366 e. The number of nitrogens with one attached hydrogen (secondary N) is 1. The Hall–Kier alpha value is -1.34. The number of para-hydroxylation sites is 1. The normalized spacial score (nSPS) is 16.1. The van der Waals surface area contributed by atoms with Gasteiger partial charge >= 0.3 is 0 Å². The zero-order valence-corrected chi connectivity index (χ0v) is 16.3. The SMILES string of the molecule is O=C1/C(=C\c2ccc(Cl)cc2)SC(=S)N1CNc1ccccc1Br. The van der Waals surface area contributed by atoms with E-state index in [4.69, 9.17) is 23.8 Å². The largest absolute Gasteiger partial charge is 0.366 e. The Labute approximate surface area is 163 Å². The zero-order valence-electron chi connectivity index (χ0n) is 12.3. The summed E-state index contributed by atoms with van der Waals surface area (Å²) in [6.07, 6.45) is 1.83. The number of anilines is 1. The number of carbonyl (C=O) groups excluding carboxylic acids is 1. The third kappa shape index (κ3) is 4.00. The Morgan fingerprint density at radius 3 is 2.62 bits per heavy atom. The smallest absolute Gasteiger partial charge is 0.267 e. The van der Waals surface area contributed by atoms with Crippen LogP contribution in [0.4, 0.5) is 5.69 Å². The lowest BCUT2D eigenvalue weighted by Gasteiger charge is -2.16. The highest BCUT2D eigenvalue weighted by atomic mass is 79.9. The molecule has 3 nitrogen and oxygen atoms in total. The predicted molar refractivity (Wildman–Crippen MR) is 109 cm³/mol. The topological polar surface area (TPSA) is 32.3 Å². The van der Waals surface area contributed by atoms with Gasteiger partial charge in [-0.3, -0.25) is 9.69 Å². The van der Waals surface area contributed by atoms with Crippen LogP contribution in [0.5, 0.6) is 0 Å². The van der Waals surface area contributed by atoms with Crippen molar-refractivity contribution in [2.75, 3.05) is 12.0 Å². The third-order valence-corrected chi connectivity index (χ3v) is 5.66. The molecule has 1 fully saturated rings. The minimum absolute atomic E-state index is 0.0977. The predicted octanol–water partition coefficient (Wildman–Crippen LogP) is 5.37. The molecule has 3 rings (SSSR count). The fourth-order valence-corrected chi connectivity index (χ4v) is 3.92. The molecule has 0 radical (unpaired) electrons. The van der Waals surface area contributed by atoms with Gasteiger partial charge in [0.25, 0.3) is 5.91 Å². The summed E-state index contributed by atoms with van der Waals surface area (Å²) in [5.74, 6) is -0.0977. The van der Waals surface area contributed by atoms with Gasteiger partial charge in [0.05, 0.1) is 11.6 Å². The first-order valence-electron chi connectivity index (χ1n) is 7.04. The average Bonchev–Trinajstić information content (AvgIpc) is 2.83. The molecule has 122 valence electrons. The van der Waals surface area contributed by atoms with Crippen molar-refractivity contribution in [3.8, 4) is 0 Å². The molecular weight excluding hydrogens is 428 g/mol. The van der Waals surface area contributed by atoms with E-state index in [1.807, 2.05) is 42.5 Å². The van der Waals surface area contributed by atoms with Crippen LogP contribution in [0.25, 0.3) is 6.08 Å². The fourth-order valence-electron chi connectivity index (χ4n) is 2.12. The molecule has 1 N–H and O–H groups in total. The van der Waals surface area contributed by atoms with Crippen LogP contribution in [-0.4, -0.2) is 21.8 Å². The second-order valence-corrected chi connectivity index (χ2v) is 7.94. The van der Waals surface area contributed by atoms with Gasteiger partial charge in [-0.05, 0) is 51.8 Å². The molecular formula is C17H12BrClN2OS2. The molecule has 1 saturated heterocycles. The number of hydrogen-bond donors (Lipinski definition) is 1. The van der Waals surface area contributed by atoms with E-state index in [2.05, 4.69) is 21.2 Å². The highest BCUT2D eigenvalue weighted by Gasteiger charge is 2.31. The number of hydrogen-bond acceptors (Lipinski definition) is 4. The standard InChI is InChI=1S/C17H12BrClN2OS2/c18-13-3-1-2-4-14(13)20-10-21-16(22)15(24-17(21)23)9-11-5-7-12(19)8-6-11/h1-9,20H,10H2/b15-9+. The molecule has 0 aromatic heterocycles. The van der Waals surface area contributed by atoms with Crippen LogP contribution in [0, 0.1) is 0 Å². The third-order valence-electron chi connectivity index (χ3n) is 3.34. The molecule has 1 aliphatic heterocycles. The number of amides is 1. The number of nitrogens with zero attached hydrogens (tertiary/aromatic N) is 1. The zero-order chi connectivity index (χ0) is 17.1. The van der Waals surface area contributed by atoms with Crippen molar-refractivity contribution in [3.05, 3.63) is 68.5 Å². The summed E-state index contributed by atoms with van der Waals surface area (Å²) in [6.45, 7) is 0.325. The van der Waals surface area contributed by atoms with E-state index in [1.165, 1.54) is 11.8 Å². The van der Waals surface area contributed by atoms with Gasteiger partial charge in [0.1, 0.15) is 4.32 Å². The molecule has 1 aliphatic rings. The fraction of sp³-hybridized carbons (Fsp3) is 0.0588. The molecule has 2 aromatic carbocycles. The van der Waals surface area contributed by atoms with Gasteiger partial charge in [0.2, 0.25) is 0 Å². The lowest BCUT2D eigenvalue weighted by Crippen LogP contribution is -2.33. The molecule has 0 saturated carbocycles. The maximum Gasteiger partial charge on any atom is 0.267 e. The Morgan fingerprint density at radius 1 is 1.21 bits per heavy atom. The van der Waals surface area contributed by atoms with Crippen molar-refractivity contribution in [3.63, 3.8) is 0 Å². The van der Waals surface area contributed by atoms with Crippen LogP contribution < -0.4 is 5.32 Å². The van der Waals surface area contributed by atoms with Crippen molar-refractivity contribution < 1.29 is 4.79 Å². The highest BCUT2D eigenvalue weighted by Crippen LogP contribution is 2.33. The summed E-state index contributed by atoms with van der Waals surface area (Å²) in [6, 6.07) is 15.1. The first-order valence-corrected chi connectivity index (χ1v) is 9.43. The van der Waals surface area contributed by atoms with Gasteiger partial charge in [-0.15, -0.1) is 0 Å². The molecule has 1 amide bonds. The monoisotopic (exact) mass is 438 g/mol. The number of thiocarbonyl (C=S) groups is 1. The van der Waals surface area contributed by atoms with Crippen LogP contribution in [0.3, 0.4) is 0 Å². The first kappa shape index (κ1) is 17.5. The summed E-state index contributed by atoms with van der Waals surface area (Å²) in [4.78, 5) is 14.7. The van der Waals surface area contributed by atoms with E-state index in [0.29, 0.717) is 20.9 Å². The summed E-state index contributed by atoms with van der Waals surface area (Å²) in [7, 11) is 0. The number of rotatable bonds is 4. The van der Waals surface area contributed by atoms with Crippen LogP contribution in [0.1, 0.15) is 5.56 Å². The van der Waals surface area contributed by atoms with Gasteiger partial charge in [-0.2, -0.15) is 0 Å².